The quantitative estimate of drug-likeness (QED) is 0.812. The van der Waals surface area contributed by atoms with E-state index in [4.69, 9.17) is 9.47 Å². The van der Waals surface area contributed by atoms with E-state index >= 15 is 0 Å². The smallest absolute Gasteiger partial charge is 0.338 e. The molecular formula is C16H20N2O3. The molecule has 0 amide bonds. The van der Waals surface area contributed by atoms with Crippen molar-refractivity contribution < 1.29 is 14.3 Å². The Morgan fingerprint density at radius 3 is 2.43 bits per heavy atom. The molecule has 1 aromatic carbocycles. The molecule has 112 valence electrons. The maximum absolute atomic E-state index is 11.9. The molecule has 0 atom stereocenters. The fraction of sp³-hybridized carbons (Fsp3) is 0.375. The standard InChI is InChI=1S/C16H20N2O3/c1-16(2,3)21-15(19)13-7-5-12(6-8-13)10-18-11-14(20-4)9-17-18/h5-9,11H,10H2,1-4H3. The van der Waals surface area contributed by atoms with Crippen LogP contribution in [0.15, 0.2) is 36.7 Å². The largest absolute Gasteiger partial charge is 0.493 e. The third-order valence-corrected chi connectivity index (χ3v) is 2.78. The van der Waals surface area contributed by atoms with Gasteiger partial charge in [-0.3, -0.25) is 4.68 Å². The molecule has 1 aromatic heterocycles. The monoisotopic (exact) mass is 288 g/mol. The average molecular weight is 288 g/mol. The van der Waals surface area contributed by atoms with E-state index in [-0.39, 0.29) is 5.97 Å². The van der Waals surface area contributed by atoms with Crippen molar-refractivity contribution in [1.82, 2.24) is 9.78 Å². The lowest BCUT2D eigenvalue weighted by Gasteiger charge is -2.19. The van der Waals surface area contributed by atoms with E-state index in [0.29, 0.717) is 12.1 Å². The number of esters is 1. The van der Waals surface area contributed by atoms with E-state index in [9.17, 15) is 4.79 Å². The number of ether oxygens (including phenoxy) is 2. The minimum absolute atomic E-state index is 0.310. The fourth-order valence-electron chi connectivity index (χ4n) is 1.81. The minimum atomic E-state index is -0.485. The van der Waals surface area contributed by atoms with E-state index < -0.39 is 5.60 Å². The van der Waals surface area contributed by atoms with Crippen molar-refractivity contribution in [2.24, 2.45) is 0 Å². The van der Waals surface area contributed by atoms with E-state index in [1.54, 1.807) is 30.1 Å². The molecule has 0 aliphatic rings. The van der Waals surface area contributed by atoms with Gasteiger partial charge in [0, 0.05) is 0 Å². The summed E-state index contributed by atoms with van der Waals surface area (Å²) in [6, 6.07) is 7.33. The number of aromatic nitrogens is 2. The summed E-state index contributed by atoms with van der Waals surface area (Å²) >= 11 is 0. The number of hydrogen-bond acceptors (Lipinski definition) is 4. The second-order valence-corrected chi connectivity index (χ2v) is 5.78. The molecule has 0 spiro atoms. The maximum atomic E-state index is 11.9. The van der Waals surface area contributed by atoms with Crippen LogP contribution in [0.2, 0.25) is 0 Å². The summed E-state index contributed by atoms with van der Waals surface area (Å²) in [6.45, 7) is 6.18. The van der Waals surface area contributed by atoms with Gasteiger partial charge in [0.1, 0.15) is 5.60 Å². The molecule has 0 fully saturated rings. The first-order chi connectivity index (χ1) is 9.87. The molecule has 5 nitrogen and oxygen atoms in total. The molecule has 0 aliphatic carbocycles. The molecule has 0 bridgehead atoms. The van der Waals surface area contributed by atoms with Crippen molar-refractivity contribution in [2.45, 2.75) is 32.9 Å². The molecule has 2 aromatic rings. The first-order valence-corrected chi connectivity index (χ1v) is 6.76. The highest BCUT2D eigenvalue weighted by atomic mass is 16.6. The Kier molecular flexibility index (Phi) is 4.31. The summed E-state index contributed by atoms with van der Waals surface area (Å²) in [6.07, 6.45) is 3.48. The van der Waals surface area contributed by atoms with Gasteiger partial charge < -0.3 is 9.47 Å². The van der Waals surface area contributed by atoms with Gasteiger partial charge >= 0.3 is 5.97 Å². The first kappa shape index (κ1) is 15.1. The van der Waals surface area contributed by atoms with E-state index in [2.05, 4.69) is 5.10 Å². The zero-order valence-corrected chi connectivity index (χ0v) is 12.8. The minimum Gasteiger partial charge on any atom is -0.493 e. The van der Waals surface area contributed by atoms with E-state index in [0.717, 1.165) is 11.3 Å². The van der Waals surface area contributed by atoms with Gasteiger partial charge in [-0.15, -0.1) is 0 Å². The van der Waals surface area contributed by atoms with Gasteiger partial charge in [0.15, 0.2) is 5.75 Å². The second kappa shape index (κ2) is 5.99. The summed E-state index contributed by atoms with van der Waals surface area (Å²) in [5, 5.41) is 4.19. The predicted molar refractivity (Wildman–Crippen MR) is 79.5 cm³/mol. The van der Waals surface area contributed by atoms with Crippen LogP contribution in [0.1, 0.15) is 36.7 Å². The van der Waals surface area contributed by atoms with Crippen molar-refractivity contribution in [1.29, 1.82) is 0 Å². The molecular weight excluding hydrogens is 268 g/mol. The maximum Gasteiger partial charge on any atom is 0.338 e. The van der Waals surface area contributed by atoms with Crippen molar-refractivity contribution in [3.8, 4) is 5.75 Å². The van der Waals surface area contributed by atoms with Crippen molar-refractivity contribution in [3.63, 3.8) is 0 Å². The predicted octanol–water partition coefficient (Wildman–Crippen LogP) is 2.90. The second-order valence-electron chi connectivity index (χ2n) is 5.78. The molecule has 5 heteroatoms. The summed E-state index contributed by atoms with van der Waals surface area (Å²) in [4.78, 5) is 11.9. The van der Waals surface area contributed by atoms with Crippen LogP contribution in [0.3, 0.4) is 0 Å². The highest BCUT2D eigenvalue weighted by Gasteiger charge is 2.17. The molecule has 0 saturated carbocycles. The topological polar surface area (TPSA) is 53.4 Å². The highest BCUT2D eigenvalue weighted by molar-refractivity contribution is 5.89. The lowest BCUT2D eigenvalue weighted by atomic mass is 10.1. The molecule has 0 N–H and O–H groups in total. The molecule has 1 heterocycles. The Morgan fingerprint density at radius 2 is 1.90 bits per heavy atom. The van der Waals surface area contributed by atoms with Crippen LogP contribution in [0, 0.1) is 0 Å². The number of rotatable bonds is 4. The van der Waals surface area contributed by atoms with Crippen molar-refractivity contribution in [3.05, 3.63) is 47.8 Å². The molecule has 2 rings (SSSR count). The van der Waals surface area contributed by atoms with Crippen molar-refractivity contribution >= 4 is 5.97 Å². The fourth-order valence-corrected chi connectivity index (χ4v) is 1.81. The Bertz CT molecular complexity index is 609. The van der Waals surface area contributed by atoms with Crippen LogP contribution in [0.5, 0.6) is 5.75 Å². The van der Waals surface area contributed by atoms with Crippen LogP contribution in [-0.2, 0) is 11.3 Å². The molecule has 0 unspecified atom stereocenters. The Labute approximate surface area is 124 Å². The number of carbonyl (C=O) groups excluding carboxylic acids is 1. The lowest BCUT2D eigenvalue weighted by molar-refractivity contribution is 0.00695. The van der Waals surface area contributed by atoms with Crippen molar-refractivity contribution in [2.75, 3.05) is 7.11 Å². The first-order valence-electron chi connectivity index (χ1n) is 6.76. The lowest BCUT2D eigenvalue weighted by Crippen LogP contribution is -2.23. The Morgan fingerprint density at radius 1 is 1.24 bits per heavy atom. The average Bonchev–Trinajstić information content (AvgIpc) is 2.85. The third-order valence-electron chi connectivity index (χ3n) is 2.78. The highest BCUT2D eigenvalue weighted by Crippen LogP contribution is 2.14. The summed E-state index contributed by atoms with van der Waals surface area (Å²) in [5.41, 5.74) is 1.11. The molecule has 0 saturated heterocycles. The number of hydrogen-bond donors (Lipinski definition) is 0. The Hall–Kier alpha value is -2.30. The molecule has 0 aliphatic heterocycles. The summed E-state index contributed by atoms with van der Waals surface area (Å²) in [5.74, 6) is 0.412. The summed E-state index contributed by atoms with van der Waals surface area (Å²) < 4.78 is 12.2. The third kappa shape index (κ3) is 4.34. The Balaban J connectivity index is 2.03. The van der Waals surface area contributed by atoms with E-state index in [1.807, 2.05) is 39.1 Å². The van der Waals surface area contributed by atoms with Gasteiger partial charge in [0.25, 0.3) is 0 Å². The number of carbonyl (C=O) groups is 1. The molecule has 21 heavy (non-hydrogen) atoms. The number of methoxy groups -OCH3 is 1. The van der Waals surface area contributed by atoms with Crippen LogP contribution >= 0.6 is 0 Å². The van der Waals surface area contributed by atoms with Gasteiger partial charge in [-0.25, -0.2) is 4.79 Å². The van der Waals surface area contributed by atoms with Gasteiger partial charge in [0.05, 0.1) is 31.6 Å². The summed E-state index contributed by atoms with van der Waals surface area (Å²) in [7, 11) is 1.61. The normalized spacial score (nSPS) is 11.2. The number of benzene rings is 1. The molecule has 0 radical (unpaired) electrons. The zero-order chi connectivity index (χ0) is 15.5. The van der Waals surface area contributed by atoms with Crippen LogP contribution in [0.25, 0.3) is 0 Å². The SMILES string of the molecule is COc1cnn(Cc2ccc(C(=O)OC(C)(C)C)cc2)c1. The van der Waals surface area contributed by atoms with Gasteiger partial charge in [0.2, 0.25) is 0 Å². The van der Waals surface area contributed by atoms with Gasteiger partial charge in [-0.1, -0.05) is 12.1 Å². The van der Waals surface area contributed by atoms with Crippen LogP contribution < -0.4 is 4.74 Å². The van der Waals surface area contributed by atoms with Crippen LogP contribution in [-0.4, -0.2) is 28.5 Å². The van der Waals surface area contributed by atoms with Gasteiger partial charge in [-0.05, 0) is 38.5 Å². The van der Waals surface area contributed by atoms with Crippen LogP contribution in [0.4, 0.5) is 0 Å². The zero-order valence-electron chi connectivity index (χ0n) is 12.8. The van der Waals surface area contributed by atoms with Gasteiger partial charge in [-0.2, -0.15) is 5.10 Å². The number of nitrogens with zero attached hydrogens (tertiary/aromatic N) is 2. The van der Waals surface area contributed by atoms with E-state index in [1.165, 1.54) is 0 Å².